The molecule has 1 aromatic carbocycles. The SMILES string of the molecule is Cc1ccc(/C=C/C(N)CC(=O)N2CCC[C@H]2C#N)cc1. The molecule has 2 atom stereocenters. The second-order valence-corrected chi connectivity index (χ2v) is 5.51. The molecule has 1 aliphatic heterocycles. The van der Waals surface area contributed by atoms with Crippen LogP contribution in [0.2, 0.25) is 0 Å². The molecule has 1 aliphatic rings. The van der Waals surface area contributed by atoms with E-state index in [1.54, 1.807) is 4.90 Å². The van der Waals surface area contributed by atoms with Crippen molar-refractivity contribution in [1.82, 2.24) is 4.90 Å². The lowest BCUT2D eigenvalue weighted by molar-refractivity contribution is -0.131. The number of likely N-dealkylation sites (tertiary alicyclic amines) is 1. The first-order valence-electron chi connectivity index (χ1n) is 7.29. The maximum absolute atomic E-state index is 12.1. The lowest BCUT2D eigenvalue weighted by Crippen LogP contribution is -2.37. The van der Waals surface area contributed by atoms with Gasteiger partial charge in [-0.2, -0.15) is 5.26 Å². The van der Waals surface area contributed by atoms with E-state index in [9.17, 15) is 4.79 Å². The van der Waals surface area contributed by atoms with Crippen molar-refractivity contribution < 1.29 is 4.79 Å². The number of amides is 1. The number of aryl methyl sites for hydroxylation is 1. The van der Waals surface area contributed by atoms with Gasteiger partial charge in [-0.1, -0.05) is 42.0 Å². The highest BCUT2D eigenvalue weighted by atomic mass is 16.2. The van der Waals surface area contributed by atoms with Crippen molar-refractivity contribution >= 4 is 12.0 Å². The molecule has 1 heterocycles. The topological polar surface area (TPSA) is 70.1 Å². The first-order chi connectivity index (χ1) is 10.1. The summed E-state index contributed by atoms with van der Waals surface area (Å²) in [4.78, 5) is 13.8. The minimum Gasteiger partial charge on any atom is -0.327 e. The normalized spacial score (nSPS) is 19.7. The molecule has 4 nitrogen and oxygen atoms in total. The summed E-state index contributed by atoms with van der Waals surface area (Å²) in [5.74, 6) is -0.0277. The van der Waals surface area contributed by atoms with Crippen LogP contribution in [0.4, 0.5) is 0 Å². The van der Waals surface area contributed by atoms with Gasteiger partial charge in [0.2, 0.25) is 5.91 Å². The molecule has 2 N–H and O–H groups in total. The summed E-state index contributed by atoms with van der Waals surface area (Å²) in [5, 5.41) is 9.00. The van der Waals surface area contributed by atoms with Gasteiger partial charge < -0.3 is 10.6 Å². The molecule has 1 saturated heterocycles. The Kier molecular flexibility index (Phi) is 5.13. The summed E-state index contributed by atoms with van der Waals surface area (Å²) in [6.45, 7) is 2.71. The van der Waals surface area contributed by atoms with Gasteiger partial charge in [0.1, 0.15) is 6.04 Å². The Morgan fingerprint density at radius 2 is 2.24 bits per heavy atom. The highest BCUT2D eigenvalue weighted by Gasteiger charge is 2.28. The van der Waals surface area contributed by atoms with Crippen molar-refractivity contribution in [3.63, 3.8) is 0 Å². The van der Waals surface area contributed by atoms with Gasteiger partial charge >= 0.3 is 0 Å². The number of hydrogen-bond acceptors (Lipinski definition) is 3. The Morgan fingerprint density at radius 3 is 2.90 bits per heavy atom. The number of hydrogen-bond donors (Lipinski definition) is 1. The van der Waals surface area contributed by atoms with Gasteiger partial charge in [-0.15, -0.1) is 0 Å². The molecule has 0 spiro atoms. The van der Waals surface area contributed by atoms with Gasteiger partial charge in [-0.3, -0.25) is 4.79 Å². The van der Waals surface area contributed by atoms with Crippen molar-refractivity contribution in [2.24, 2.45) is 5.73 Å². The number of nitriles is 1. The molecule has 0 aromatic heterocycles. The van der Waals surface area contributed by atoms with Gasteiger partial charge in [-0.25, -0.2) is 0 Å². The molecule has 0 aliphatic carbocycles. The summed E-state index contributed by atoms with van der Waals surface area (Å²) in [5.41, 5.74) is 8.27. The highest BCUT2D eigenvalue weighted by Crippen LogP contribution is 2.18. The molecule has 1 fully saturated rings. The quantitative estimate of drug-likeness (QED) is 0.921. The maximum atomic E-state index is 12.1. The minimum atomic E-state index is -0.321. The van der Waals surface area contributed by atoms with Crippen LogP contribution >= 0.6 is 0 Å². The van der Waals surface area contributed by atoms with Crippen LogP contribution in [0.3, 0.4) is 0 Å². The largest absolute Gasteiger partial charge is 0.327 e. The van der Waals surface area contributed by atoms with Crippen molar-refractivity contribution in [2.45, 2.75) is 38.3 Å². The summed E-state index contributed by atoms with van der Waals surface area (Å²) in [6.07, 6.45) is 5.71. The van der Waals surface area contributed by atoms with Gasteiger partial charge in [0.25, 0.3) is 0 Å². The molecule has 0 bridgehead atoms. The molecule has 0 saturated carbocycles. The molecule has 1 unspecified atom stereocenters. The van der Waals surface area contributed by atoms with E-state index in [4.69, 9.17) is 11.0 Å². The van der Waals surface area contributed by atoms with E-state index in [0.29, 0.717) is 6.54 Å². The molecular weight excluding hydrogens is 262 g/mol. The zero-order valence-corrected chi connectivity index (χ0v) is 12.3. The lowest BCUT2D eigenvalue weighted by atomic mass is 10.1. The smallest absolute Gasteiger partial charge is 0.225 e. The third-order valence-electron chi connectivity index (χ3n) is 3.75. The van der Waals surface area contributed by atoms with Gasteiger partial charge in [0.15, 0.2) is 0 Å². The van der Waals surface area contributed by atoms with Crippen LogP contribution < -0.4 is 5.73 Å². The Balaban J connectivity index is 1.89. The third kappa shape index (κ3) is 4.17. The van der Waals surface area contributed by atoms with Crippen LogP contribution in [0.25, 0.3) is 6.08 Å². The van der Waals surface area contributed by atoms with Gasteiger partial charge in [-0.05, 0) is 25.3 Å². The highest BCUT2D eigenvalue weighted by molar-refractivity contribution is 5.78. The predicted octanol–water partition coefficient (Wildman–Crippen LogP) is 2.24. The Morgan fingerprint density at radius 1 is 1.52 bits per heavy atom. The van der Waals surface area contributed by atoms with E-state index < -0.39 is 0 Å². The van der Waals surface area contributed by atoms with Crippen LogP contribution in [0.15, 0.2) is 30.3 Å². The minimum absolute atomic E-state index is 0.0277. The number of carbonyl (C=O) groups is 1. The van der Waals surface area contributed by atoms with Gasteiger partial charge in [0.05, 0.1) is 6.07 Å². The molecule has 1 aromatic rings. The fraction of sp³-hybridized carbons (Fsp3) is 0.412. The standard InChI is InChI=1S/C17H21N3O/c1-13-4-6-14(7-5-13)8-9-15(19)11-17(21)20-10-2-3-16(20)12-18/h4-9,15-16H,2-3,10-11,19H2,1H3/b9-8+/t15?,16-/m0/s1. The predicted molar refractivity (Wildman–Crippen MR) is 83.2 cm³/mol. The molecule has 4 heteroatoms. The molecule has 110 valence electrons. The average molecular weight is 283 g/mol. The van der Waals surface area contributed by atoms with Crippen LogP contribution in [0, 0.1) is 18.3 Å². The van der Waals surface area contributed by atoms with Crippen LogP contribution in [-0.4, -0.2) is 29.4 Å². The molecule has 21 heavy (non-hydrogen) atoms. The van der Waals surface area contributed by atoms with E-state index in [2.05, 4.69) is 6.07 Å². The zero-order chi connectivity index (χ0) is 15.2. The third-order valence-corrected chi connectivity index (χ3v) is 3.75. The number of rotatable bonds is 4. The molecule has 1 amide bonds. The number of carbonyl (C=O) groups excluding carboxylic acids is 1. The fourth-order valence-electron chi connectivity index (χ4n) is 2.50. The fourth-order valence-corrected chi connectivity index (χ4v) is 2.50. The Labute approximate surface area is 125 Å². The maximum Gasteiger partial charge on any atom is 0.225 e. The van der Waals surface area contributed by atoms with E-state index in [1.807, 2.05) is 43.3 Å². The lowest BCUT2D eigenvalue weighted by Gasteiger charge is -2.20. The van der Waals surface area contributed by atoms with Crippen LogP contribution in [0.5, 0.6) is 0 Å². The second kappa shape index (κ2) is 7.05. The second-order valence-electron chi connectivity index (χ2n) is 5.51. The zero-order valence-electron chi connectivity index (χ0n) is 12.3. The number of nitrogens with two attached hydrogens (primary N) is 1. The summed E-state index contributed by atoms with van der Waals surface area (Å²) >= 11 is 0. The average Bonchev–Trinajstić information content (AvgIpc) is 2.95. The van der Waals surface area contributed by atoms with Crippen molar-refractivity contribution in [2.75, 3.05) is 6.54 Å². The monoisotopic (exact) mass is 283 g/mol. The van der Waals surface area contributed by atoms with Crippen molar-refractivity contribution in [1.29, 1.82) is 5.26 Å². The first kappa shape index (κ1) is 15.3. The van der Waals surface area contributed by atoms with Crippen LogP contribution in [-0.2, 0) is 4.79 Å². The van der Waals surface area contributed by atoms with E-state index in [1.165, 1.54) is 5.56 Å². The molecule has 2 rings (SSSR count). The van der Waals surface area contributed by atoms with Gasteiger partial charge in [0, 0.05) is 19.0 Å². The van der Waals surface area contributed by atoms with Crippen molar-refractivity contribution in [3.8, 4) is 6.07 Å². The first-order valence-corrected chi connectivity index (χ1v) is 7.29. The molecular formula is C17H21N3O. The number of benzene rings is 1. The van der Waals surface area contributed by atoms with Crippen LogP contribution in [0.1, 0.15) is 30.4 Å². The number of nitrogens with zero attached hydrogens (tertiary/aromatic N) is 2. The Bertz CT molecular complexity index is 556. The van der Waals surface area contributed by atoms with Crippen molar-refractivity contribution in [3.05, 3.63) is 41.5 Å². The van der Waals surface area contributed by atoms with E-state index in [-0.39, 0.29) is 24.4 Å². The van der Waals surface area contributed by atoms with E-state index in [0.717, 1.165) is 18.4 Å². The summed E-state index contributed by atoms with van der Waals surface area (Å²) in [6, 6.07) is 9.70. The van der Waals surface area contributed by atoms with E-state index >= 15 is 0 Å². The summed E-state index contributed by atoms with van der Waals surface area (Å²) in [7, 11) is 0. The molecule has 0 radical (unpaired) electrons. The summed E-state index contributed by atoms with van der Waals surface area (Å²) < 4.78 is 0. The Hall–Kier alpha value is -2.12.